The van der Waals surface area contributed by atoms with Gasteiger partial charge in [0.25, 0.3) is 5.91 Å². The molecule has 1 amide bonds. The molecule has 31 heavy (non-hydrogen) atoms. The average Bonchev–Trinajstić information content (AvgIpc) is 2.83. The van der Waals surface area contributed by atoms with Crippen molar-refractivity contribution in [3.8, 4) is 17.2 Å². The van der Waals surface area contributed by atoms with E-state index in [0.29, 0.717) is 17.2 Å². The number of hydrogen-bond acceptors (Lipinski definition) is 4. The maximum absolute atomic E-state index is 13.2. The minimum absolute atomic E-state index is 0.114. The van der Waals surface area contributed by atoms with E-state index in [4.69, 9.17) is 14.2 Å². The lowest BCUT2D eigenvalue weighted by molar-refractivity contribution is -0.917. The van der Waals surface area contributed by atoms with Crippen molar-refractivity contribution in [2.75, 3.05) is 47.5 Å². The van der Waals surface area contributed by atoms with Gasteiger partial charge in [0.05, 0.1) is 47.5 Å². The Bertz CT molecular complexity index is 1040. The topological polar surface area (TPSA) is 52.4 Å². The number of methoxy groups -OCH3 is 3. The second-order valence-electron chi connectivity index (χ2n) is 7.78. The molecule has 0 unspecified atom stereocenters. The lowest BCUT2D eigenvalue weighted by Crippen LogP contribution is -3.13. The zero-order chi connectivity index (χ0) is 21.8. The van der Waals surface area contributed by atoms with Gasteiger partial charge in [0.2, 0.25) is 5.75 Å². The molecule has 1 saturated heterocycles. The molecule has 3 aromatic carbocycles. The van der Waals surface area contributed by atoms with Crippen LogP contribution < -0.4 is 19.1 Å². The molecular formula is C25H29N2O4+. The molecule has 6 heteroatoms. The van der Waals surface area contributed by atoms with Gasteiger partial charge in [-0.2, -0.15) is 0 Å². The first-order valence-electron chi connectivity index (χ1n) is 10.5. The van der Waals surface area contributed by atoms with Crippen LogP contribution in [0, 0.1) is 0 Å². The predicted octanol–water partition coefficient (Wildman–Crippen LogP) is 2.41. The largest absolute Gasteiger partial charge is 0.493 e. The standard InChI is InChI=1S/C25H28N2O4/c1-29-22-15-18(16-23(30-2)24(22)31-3)17-26-11-13-27(14-12-26)25(28)21-10-6-8-19-7-4-5-9-20(19)21/h4-10,15-16H,11-14,17H2,1-3H3/p+1. The summed E-state index contributed by atoms with van der Waals surface area (Å²) >= 11 is 0. The third-order valence-electron chi connectivity index (χ3n) is 5.96. The van der Waals surface area contributed by atoms with E-state index in [-0.39, 0.29) is 5.91 Å². The van der Waals surface area contributed by atoms with Crippen LogP contribution in [-0.2, 0) is 6.54 Å². The van der Waals surface area contributed by atoms with Crippen LogP contribution in [0.1, 0.15) is 15.9 Å². The van der Waals surface area contributed by atoms with Gasteiger partial charge in [-0.3, -0.25) is 4.79 Å². The third kappa shape index (κ3) is 4.30. The van der Waals surface area contributed by atoms with E-state index in [1.54, 1.807) is 21.3 Å². The molecule has 3 aromatic rings. The zero-order valence-corrected chi connectivity index (χ0v) is 18.3. The van der Waals surface area contributed by atoms with Crippen molar-refractivity contribution in [2.45, 2.75) is 6.54 Å². The molecule has 4 rings (SSSR count). The summed E-state index contributed by atoms with van der Waals surface area (Å²) in [4.78, 5) is 16.6. The van der Waals surface area contributed by atoms with Crippen molar-refractivity contribution in [1.29, 1.82) is 0 Å². The molecule has 0 aliphatic carbocycles. The molecule has 1 N–H and O–H groups in total. The number of nitrogens with zero attached hydrogens (tertiary/aromatic N) is 1. The number of carbonyl (C=O) groups is 1. The highest BCUT2D eigenvalue weighted by molar-refractivity contribution is 6.07. The van der Waals surface area contributed by atoms with Gasteiger partial charge in [-0.25, -0.2) is 0 Å². The fourth-order valence-electron chi connectivity index (χ4n) is 4.31. The number of benzene rings is 3. The normalized spacial score (nSPS) is 14.5. The molecule has 0 radical (unpaired) electrons. The van der Waals surface area contributed by atoms with Gasteiger partial charge in [0, 0.05) is 11.1 Å². The van der Waals surface area contributed by atoms with Crippen molar-refractivity contribution in [3.05, 3.63) is 65.7 Å². The summed E-state index contributed by atoms with van der Waals surface area (Å²) in [6.07, 6.45) is 0. The van der Waals surface area contributed by atoms with E-state index in [1.807, 2.05) is 59.5 Å². The molecule has 1 aliphatic rings. The molecule has 0 spiro atoms. The smallest absolute Gasteiger partial charge is 0.254 e. The first-order valence-corrected chi connectivity index (χ1v) is 10.5. The quantitative estimate of drug-likeness (QED) is 0.664. The lowest BCUT2D eigenvalue weighted by Gasteiger charge is -2.32. The minimum atomic E-state index is 0.114. The van der Waals surface area contributed by atoms with Crippen LogP contribution in [0.15, 0.2) is 54.6 Å². The number of rotatable bonds is 6. The van der Waals surface area contributed by atoms with Crippen LogP contribution >= 0.6 is 0 Å². The first-order chi connectivity index (χ1) is 15.1. The zero-order valence-electron chi connectivity index (χ0n) is 18.3. The average molecular weight is 422 g/mol. The summed E-state index contributed by atoms with van der Waals surface area (Å²) < 4.78 is 16.4. The number of hydrogen-bond donors (Lipinski definition) is 1. The molecular weight excluding hydrogens is 392 g/mol. The van der Waals surface area contributed by atoms with Gasteiger partial charge in [0.15, 0.2) is 11.5 Å². The van der Waals surface area contributed by atoms with Crippen molar-refractivity contribution in [2.24, 2.45) is 0 Å². The lowest BCUT2D eigenvalue weighted by atomic mass is 10.0. The molecule has 0 bridgehead atoms. The van der Waals surface area contributed by atoms with E-state index in [9.17, 15) is 4.79 Å². The Kier molecular flexibility index (Phi) is 6.28. The van der Waals surface area contributed by atoms with Crippen LogP contribution in [0.2, 0.25) is 0 Å². The van der Waals surface area contributed by atoms with Crippen LogP contribution in [0.5, 0.6) is 17.2 Å². The number of nitrogens with one attached hydrogen (secondary N) is 1. The molecule has 1 aliphatic heterocycles. The Balaban J connectivity index is 1.44. The fraction of sp³-hybridized carbons (Fsp3) is 0.320. The van der Waals surface area contributed by atoms with Gasteiger partial charge >= 0.3 is 0 Å². The summed E-state index contributed by atoms with van der Waals surface area (Å²) in [5.74, 6) is 2.06. The van der Waals surface area contributed by atoms with E-state index in [2.05, 4.69) is 0 Å². The third-order valence-corrected chi connectivity index (χ3v) is 5.96. The van der Waals surface area contributed by atoms with E-state index < -0.39 is 0 Å². The van der Waals surface area contributed by atoms with Crippen LogP contribution in [0.4, 0.5) is 0 Å². The SMILES string of the molecule is COc1cc(C[NH+]2CCN(C(=O)c3cccc4ccccc34)CC2)cc(OC)c1OC. The molecule has 0 saturated carbocycles. The summed E-state index contributed by atoms with van der Waals surface area (Å²) in [7, 11) is 4.87. The van der Waals surface area contributed by atoms with E-state index in [0.717, 1.165) is 54.6 Å². The molecule has 6 nitrogen and oxygen atoms in total. The van der Waals surface area contributed by atoms with Gasteiger partial charge in [-0.05, 0) is 29.0 Å². The van der Waals surface area contributed by atoms with Crippen molar-refractivity contribution < 1.29 is 23.9 Å². The van der Waals surface area contributed by atoms with Gasteiger partial charge in [-0.15, -0.1) is 0 Å². The van der Waals surface area contributed by atoms with E-state index >= 15 is 0 Å². The fourth-order valence-corrected chi connectivity index (χ4v) is 4.31. The van der Waals surface area contributed by atoms with Crippen LogP contribution in [0.25, 0.3) is 10.8 Å². The Morgan fingerprint density at radius 1 is 0.903 bits per heavy atom. The van der Waals surface area contributed by atoms with Gasteiger partial charge in [0.1, 0.15) is 6.54 Å². The minimum Gasteiger partial charge on any atom is -0.493 e. The number of ether oxygens (including phenoxy) is 3. The van der Waals surface area contributed by atoms with Crippen molar-refractivity contribution in [1.82, 2.24) is 4.90 Å². The Morgan fingerprint density at radius 2 is 1.55 bits per heavy atom. The van der Waals surface area contributed by atoms with Crippen LogP contribution in [0.3, 0.4) is 0 Å². The number of carbonyl (C=O) groups excluding carboxylic acids is 1. The maximum Gasteiger partial charge on any atom is 0.254 e. The number of piperazine rings is 1. The maximum atomic E-state index is 13.2. The van der Waals surface area contributed by atoms with E-state index in [1.165, 1.54) is 4.90 Å². The molecule has 0 atom stereocenters. The first kappa shape index (κ1) is 21.0. The Labute approximate surface area is 182 Å². The van der Waals surface area contributed by atoms with Crippen LogP contribution in [-0.4, -0.2) is 58.3 Å². The van der Waals surface area contributed by atoms with Crippen molar-refractivity contribution >= 4 is 16.7 Å². The molecule has 162 valence electrons. The number of amides is 1. The number of quaternary nitrogens is 1. The predicted molar refractivity (Wildman–Crippen MR) is 120 cm³/mol. The molecule has 1 heterocycles. The van der Waals surface area contributed by atoms with Gasteiger partial charge in [-0.1, -0.05) is 36.4 Å². The monoisotopic (exact) mass is 421 g/mol. The number of fused-ring (bicyclic) bond motifs is 1. The molecule has 1 fully saturated rings. The summed E-state index contributed by atoms with van der Waals surface area (Å²) in [5.41, 5.74) is 1.91. The highest BCUT2D eigenvalue weighted by Gasteiger charge is 2.26. The second kappa shape index (κ2) is 9.27. The summed E-state index contributed by atoms with van der Waals surface area (Å²) in [6.45, 7) is 4.11. The Morgan fingerprint density at radius 3 is 2.19 bits per heavy atom. The highest BCUT2D eigenvalue weighted by Crippen LogP contribution is 2.38. The molecule has 0 aromatic heterocycles. The summed E-state index contributed by atoms with van der Waals surface area (Å²) in [6, 6.07) is 18.0. The van der Waals surface area contributed by atoms with Crippen molar-refractivity contribution in [3.63, 3.8) is 0 Å². The van der Waals surface area contributed by atoms with Gasteiger partial charge < -0.3 is 24.0 Å². The Hall–Kier alpha value is -3.25. The summed E-state index contributed by atoms with van der Waals surface area (Å²) in [5, 5.41) is 2.11. The second-order valence-corrected chi connectivity index (χ2v) is 7.78. The highest BCUT2D eigenvalue weighted by atomic mass is 16.5.